The van der Waals surface area contributed by atoms with Gasteiger partial charge in [0.05, 0.1) is 6.07 Å². The van der Waals surface area contributed by atoms with Gasteiger partial charge in [0.15, 0.2) is 0 Å². The lowest BCUT2D eigenvalue weighted by Gasteiger charge is -2.61. The lowest BCUT2D eigenvalue weighted by Crippen LogP contribution is -2.65. The molecule has 3 heteroatoms. The molecule has 4 aliphatic carbocycles. The van der Waals surface area contributed by atoms with Crippen LogP contribution < -0.4 is 5.73 Å². The second-order valence-corrected chi connectivity index (χ2v) is 7.52. The highest BCUT2D eigenvalue weighted by molar-refractivity contribution is 5.21. The first-order chi connectivity index (χ1) is 8.46. The molecular formula is C15H25N3. The van der Waals surface area contributed by atoms with Crippen LogP contribution in [0.1, 0.15) is 38.5 Å². The molecule has 4 bridgehead atoms. The van der Waals surface area contributed by atoms with E-state index in [0.29, 0.717) is 6.54 Å². The molecule has 2 N–H and O–H groups in total. The van der Waals surface area contributed by atoms with Gasteiger partial charge in [-0.1, -0.05) is 0 Å². The van der Waals surface area contributed by atoms with Gasteiger partial charge in [0.25, 0.3) is 0 Å². The summed E-state index contributed by atoms with van der Waals surface area (Å²) in [5.74, 6) is 2.57. The van der Waals surface area contributed by atoms with E-state index < -0.39 is 5.54 Å². The molecule has 0 radical (unpaired) electrons. The summed E-state index contributed by atoms with van der Waals surface area (Å²) in [6.45, 7) is 0.704. The quantitative estimate of drug-likeness (QED) is 0.829. The lowest BCUT2D eigenvalue weighted by molar-refractivity contribution is -0.0872. The predicted octanol–water partition coefficient (Wildman–Crippen LogP) is 1.99. The van der Waals surface area contributed by atoms with E-state index in [1.807, 2.05) is 14.1 Å². The normalized spacial score (nSPS) is 44.9. The molecule has 18 heavy (non-hydrogen) atoms. The monoisotopic (exact) mass is 247 g/mol. The molecule has 0 heterocycles. The minimum absolute atomic E-state index is 0.112. The molecule has 4 aliphatic rings. The third kappa shape index (κ3) is 1.70. The minimum Gasteiger partial charge on any atom is -0.312 e. The van der Waals surface area contributed by atoms with E-state index >= 15 is 0 Å². The Balaban J connectivity index is 1.92. The first-order valence-corrected chi connectivity index (χ1v) is 7.31. The molecule has 0 spiro atoms. The first kappa shape index (κ1) is 12.4. The highest BCUT2D eigenvalue weighted by Gasteiger charge is 2.59. The topological polar surface area (TPSA) is 53.0 Å². The second kappa shape index (κ2) is 3.95. The fourth-order valence-electron chi connectivity index (χ4n) is 5.48. The summed E-state index contributed by atoms with van der Waals surface area (Å²) in [6, 6.07) is 2.50. The van der Waals surface area contributed by atoms with E-state index in [9.17, 15) is 5.26 Å². The van der Waals surface area contributed by atoms with Crippen LogP contribution in [-0.4, -0.2) is 31.1 Å². The summed E-state index contributed by atoms with van der Waals surface area (Å²) < 4.78 is 0. The number of rotatable bonds is 3. The Labute approximate surface area is 110 Å². The Kier molecular flexibility index (Phi) is 2.73. The molecule has 0 amide bonds. The van der Waals surface area contributed by atoms with Crippen molar-refractivity contribution in [3.63, 3.8) is 0 Å². The van der Waals surface area contributed by atoms with Crippen molar-refractivity contribution in [2.24, 2.45) is 28.9 Å². The summed E-state index contributed by atoms with van der Waals surface area (Å²) in [4.78, 5) is 2.09. The lowest BCUT2D eigenvalue weighted by atomic mass is 9.45. The second-order valence-electron chi connectivity index (χ2n) is 7.52. The Bertz CT molecular complexity index is 346. The standard InChI is InChI=1S/C15H25N3/c1-18(2)10-15(17,9-16)14-6-11-3-12(7-14)5-13(4-11)8-14/h11-13H,3-8,10,17H2,1-2H3. The molecule has 4 rings (SSSR count). The SMILES string of the molecule is CN(C)CC(N)(C#N)C12CC3CC(CC(C3)C1)C2. The maximum Gasteiger partial charge on any atom is 0.122 e. The number of nitrogens with two attached hydrogens (primary N) is 1. The third-order valence-electron chi connectivity index (χ3n) is 5.75. The van der Waals surface area contributed by atoms with Gasteiger partial charge in [-0.05, 0) is 70.4 Å². The molecule has 4 saturated carbocycles. The summed E-state index contributed by atoms with van der Waals surface area (Å²) >= 11 is 0. The van der Waals surface area contributed by atoms with Crippen molar-refractivity contribution < 1.29 is 0 Å². The Morgan fingerprint density at radius 3 is 1.94 bits per heavy atom. The largest absolute Gasteiger partial charge is 0.312 e. The summed E-state index contributed by atoms with van der Waals surface area (Å²) in [5, 5.41) is 9.69. The molecule has 0 aromatic carbocycles. The number of nitrogens with zero attached hydrogens (tertiary/aromatic N) is 2. The number of hydrogen-bond donors (Lipinski definition) is 1. The summed E-state index contributed by atoms with van der Waals surface area (Å²) in [6.07, 6.45) is 7.83. The summed E-state index contributed by atoms with van der Waals surface area (Å²) in [5.41, 5.74) is 6.06. The zero-order chi connectivity index (χ0) is 13.0. The van der Waals surface area contributed by atoms with Crippen molar-refractivity contribution in [1.82, 2.24) is 4.90 Å². The van der Waals surface area contributed by atoms with Crippen molar-refractivity contribution in [3.05, 3.63) is 0 Å². The molecule has 1 unspecified atom stereocenters. The predicted molar refractivity (Wildman–Crippen MR) is 71.7 cm³/mol. The van der Waals surface area contributed by atoms with E-state index in [0.717, 1.165) is 17.8 Å². The van der Waals surface area contributed by atoms with E-state index in [1.165, 1.54) is 38.5 Å². The minimum atomic E-state index is -0.646. The van der Waals surface area contributed by atoms with Crippen LogP contribution in [0, 0.1) is 34.5 Å². The van der Waals surface area contributed by atoms with Gasteiger partial charge >= 0.3 is 0 Å². The maximum atomic E-state index is 9.69. The van der Waals surface area contributed by atoms with Gasteiger partial charge in [-0.15, -0.1) is 0 Å². The molecule has 0 aromatic heterocycles. The van der Waals surface area contributed by atoms with Crippen molar-refractivity contribution in [1.29, 1.82) is 5.26 Å². The Morgan fingerprint density at radius 1 is 1.17 bits per heavy atom. The fraction of sp³-hybridized carbons (Fsp3) is 0.933. The van der Waals surface area contributed by atoms with Gasteiger partial charge < -0.3 is 10.6 Å². The fourth-order valence-corrected chi connectivity index (χ4v) is 5.48. The van der Waals surface area contributed by atoms with Gasteiger partial charge in [0.2, 0.25) is 0 Å². The van der Waals surface area contributed by atoms with Crippen molar-refractivity contribution in [3.8, 4) is 6.07 Å². The Morgan fingerprint density at radius 2 is 1.61 bits per heavy atom. The van der Waals surface area contributed by atoms with Crippen molar-refractivity contribution in [2.45, 2.75) is 44.1 Å². The van der Waals surface area contributed by atoms with E-state index in [4.69, 9.17) is 5.73 Å². The summed E-state index contributed by atoms with van der Waals surface area (Å²) in [7, 11) is 4.05. The highest BCUT2D eigenvalue weighted by Crippen LogP contribution is 2.63. The van der Waals surface area contributed by atoms with E-state index in [2.05, 4.69) is 11.0 Å². The number of nitriles is 1. The molecule has 0 aliphatic heterocycles. The average Bonchev–Trinajstić information content (AvgIpc) is 2.25. The molecule has 4 fully saturated rings. The van der Waals surface area contributed by atoms with Crippen LogP contribution >= 0.6 is 0 Å². The van der Waals surface area contributed by atoms with Gasteiger partial charge in [-0.3, -0.25) is 0 Å². The third-order valence-corrected chi connectivity index (χ3v) is 5.75. The molecule has 0 aromatic rings. The van der Waals surface area contributed by atoms with Crippen LogP contribution in [0.4, 0.5) is 0 Å². The van der Waals surface area contributed by atoms with Gasteiger partial charge in [0, 0.05) is 12.0 Å². The van der Waals surface area contributed by atoms with Gasteiger partial charge in [-0.2, -0.15) is 5.26 Å². The van der Waals surface area contributed by atoms with Crippen molar-refractivity contribution in [2.75, 3.05) is 20.6 Å². The molecule has 3 nitrogen and oxygen atoms in total. The van der Waals surface area contributed by atoms with Crippen LogP contribution in [0.25, 0.3) is 0 Å². The van der Waals surface area contributed by atoms with Gasteiger partial charge in [0.1, 0.15) is 5.54 Å². The van der Waals surface area contributed by atoms with Crippen LogP contribution in [0.2, 0.25) is 0 Å². The number of likely N-dealkylation sites (N-methyl/N-ethyl adjacent to an activating group) is 1. The van der Waals surface area contributed by atoms with Crippen molar-refractivity contribution >= 4 is 0 Å². The van der Waals surface area contributed by atoms with Gasteiger partial charge in [-0.25, -0.2) is 0 Å². The zero-order valence-corrected chi connectivity index (χ0v) is 11.7. The number of hydrogen-bond acceptors (Lipinski definition) is 3. The average molecular weight is 247 g/mol. The maximum absolute atomic E-state index is 9.69. The molecular weight excluding hydrogens is 222 g/mol. The first-order valence-electron chi connectivity index (χ1n) is 7.31. The Hall–Kier alpha value is -0.590. The molecule has 100 valence electrons. The van der Waals surface area contributed by atoms with E-state index in [-0.39, 0.29) is 5.41 Å². The van der Waals surface area contributed by atoms with Crippen LogP contribution in [0.3, 0.4) is 0 Å². The molecule has 1 atom stereocenters. The van der Waals surface area contributed by atoms with E-state index in [1.54, 1.807) is 0 Å². The van der Waals surface area contributed by atoms with Crippen LogP contribution in [-0.2, 0) is 0 Å². The van der Waals surface area contributed by atoms with Crippen LogP contribution in [0.15, 0.2) is 0 Å². The smallest absolute Gasteiger partial charge is 0.122 e. The zero-order valence-electron chi connectivity index (χ0n) is 11.7. The van der Waals surface area contributed by atoms with Crippen LogP contribution in [0.5, 0.6) is 0 Å². The molecule has 0 saturated heterocycles. The highest BCUT2D eigenvalue weighted by atomic mass is 15.1.